The number of pyridine rings is 1. The van der Waals surface area contributed by atoms with Crippen molar-refractivity contribution in [3.05, 3.63) is 28.8 Å². The second kappa shape index (κ2) is 10.4. The largest absolute Gasteiger partial charge is 0.474 e. The number of nitrogens with two attached hydrogens (primary N) is 1. The van der Waals surface area contributed by atoms with Gasteiger partial charge in [0.05, 0.1) is 30.6 Å². The molecule has 4 N–H and O–H groups in total. The first-order valence-corrected chi connectivity index (χ1v) is 12.5. The van der Waals surface area contributed by atoms with Gasteiger partial charge in [-0.05, 0) is 38.4 Å². The number of halogens is 6. The van der Waals surface area contributed by atoms with Crippen molar-refractivity contribution >= 4 is 22.4 Å². The monoisotopic (exact) mass is 572 g/mol. The maximum atomic E-state index is 16.2. The molecule has 1 aromatic carbocycles. The van der Waals surface area contributed by atoms with Crippen LogP contribution in [0, 0.1) is 18.6 Å². The van der Waals surface area contributed by atoms with Gasteiger partial charge in [-0.2, -0.15) is 23.1 Å². The molecule has 0 aliphatic carbocycles. The Morgan fingerprint density at radius 2 is 1.88 bits per heavy atom. The Bertz CT molecular complexity index is 1450. The molecule has 0 bridgehead atoms. The van der Waals surface area contributed by atoms with Gasteiger partial charge in [0, 0.05) is 18.7 Å². The number of benzene rings is 1. The summed E-state index contributed by atoms with van der Waals surface area (Å²) in [5, 5.41) is 6.14. The molecule has 0 saturated carbocycles. The first-order valence-electron chi connectivity index (χ1n) is 12.5. The van der Waals surface area contributed by atoms with Crippen molar-refractivity contribution in [2.24, 2.45) is 0 Å². The molecule has 0 radical (unpaired) electrons. The SMILES string of the molecule is Cc1c(F)c(N)cc(-c2nc3c4c(nc(OCC5(F)COC5)nc4c2F)NCCNCCC(C)O3)c1C(F)(F)F. The molecule has 2 aromatic heterocycles. The maximum absolute atomic E-state index is 16.2. The molecule has 3 aromatic rings. The van der Waals surface area contributed by atoms with Crippen LogP contribution in [0.5, 0.6) is 11.9 Å². The Kier molecular flexibility index (Phi) is 7.29. The van der Waals surface area contributed by atoms with E-state index >= 15 is 4.39 Å². The second-order valence-electron chi connectivity index (χ2n) is 9.81. The van der Waals surface area contributed by atoms with Gasteiger partial charge in [0.1, 0.15) is 34.8 Å². The molecule has 216 valence electrons. The number of aromatic nitrogens is 3. The molecular formula is C25H26F6N6O3. The van der Waals surface area contributed by atoms with E-state index < -0.39 is 75.8 Å². The summed E-state index contributed by atoms with van der Waals surface area (Å²) in [5.41, 5.74) is -1.11. The zero-order chi connectivity index (χ0) is 28.8. The Morgan fingerprint density at radius 3 is 2.55 bits per heavy atom. The summed E-state index contributed by atoms with van der Waals surface area (Å²) in [6.45, 7) is 3.05. The van der Waals surface area contributed by atoms with Gasteiger partial charge in [0.2, 0.25) is 5.88 Å². The van der Waals surface area contributed by atoms with E-state index in [4.69, 9.17) is 19.9 Å². The van der Waals surface area contributed by atoms with Crippen LogP contribution in [0.15, 0.2) is 6.07 Å². The quantitative estimate of drug-likeness (QED) is 0.313. The van der Waals surface area contributed by atoms with Crippen LogP contribution in [0.4, 0.5) is 37.8 Å². The topological polar surface area (TPSA) is 116 Å². The van der Waals surface area contributed by atoms with Crippen LogP contribution in [0.25, 0.3) is 22.2 Å². The molecule has 0 amide bonds. The number of ether oxygens (including phenoxy) is 3. The van der Waals surface area contributed by atoms with Gasteiger partial charge in [-0.15, -0.1) is 0 Å². The summed E-state index contributed by atoms with van der Waals surface area (Å²) in [7, 11) is 0. The molecule has 2 aliphatic heterocycles. The number of alkyl halides is 4. The number of nitrogens with one attached hydrogen (secondary N) is 2. The van der Waals surface area contributed by atoms with Gasteiger partial charge in [-0.25, -0.2) is 18.2 Å². The summed E-state index contributed by atoms with van der Waals surface area (Å²) in [6, 6.07) is 0.247. The lowest BCUT2D eigenvalue weighted by Gasteiger charge is -2.32. The molecule has 15 heteroatoms. The van der Waals surface area contributed by atoms with Gasteiger partial charge in [-0.3, -0.25) is 0 Å². The third-order valence-corrected chi connectivity index (χ3v) is 6.61. The van der Waals surface area contributed by atoms with Gasteiger partial charge in [0.25, 0.3) is 0 Å². The molecule has 1 fully saturated rings. The van der Waals surface area contributed by atoms with Crippen molar-refractivity contribution in [2.75, 3.05) is 50.5 Å². The summed E-state index contributed by atoms with van der Waals surface area (Å²) in [4.78, 5) is 12.5. The number of hydrogen-bond acceptors (Lipinski definition) is 9. The molecule has 1 atom stereocenters. The molecule has 2 aliphatic rings. The zero-order valence-corrected chi connectivity index (χ0v) is 21.5. The molecule has 4 heterocycles. The molecule has 1 saturated heterocycles. The minimum atomic E-state index is -5.08. The van der Waals surface area contributed by atoms with Gasteiger partial charge in [0.15, 0.2) is 11.5 Å². The van der Waals surface area contributed by atoms with Crippen LogP contribution in [0.1, 0.15) is 24.5 Å². The van der Waals surface area contributed by atoms with E-state index in [1.165, 1.54) is 0 Å². The average Bonchev–Trinajstić information content (AvgIpc) is 2.90. The number of anilines is 2. The fourth-order valence-corrected chi connectivity index (χ4v) is 4.50. The molecule has 1 unspecified atom stereocenters. The van der Waals surface area contributed by atoms with Crippen molar-refractivity contribution in [2.45, 2.75) is 38.2 Å². The molecule has 40 heavy (non-hydrogen) atoms. The van der Waals surface area contributed by atoms with Crippen LogP contribution in [0.3, 0.4) is 0 Å². The van der Waals surface area contributed by atoms with Crippen molar-refractivity contribution < 1.29 is 40.6 Å². The predicted molar refractivity (Wildman–Crippen MR) is 133 cm³/mol. The smallest absolute Gasteiger partial charge is 0.417 e. The minimum absolute atomic E-state index is 0.0208. The van der Waals surface area contributed by atoms with E-state index in [9.17, 15) is 22.0 Å². The fraction of sp³-hybridized carbons (Fsp3) is 0.480. The van der Waals surface area contributed by atoms with Gasteiger partial charge < -0.3 is 30.6 Å². The molecule has 9 nitrogen and oxygen atoms in total. The summed E-state index contributed by atoms with van der Waals surface area (Å²) in [5.74, 6) is -2.79. The van der Waals surface area contributed by atoms with E-state index in [1.807, 2.05) is 0 Å². The van der Waals surface area contributed by atoms with Gasteiger partial charge >= 0.3 is 12.2 Å². The number of rotatable bonds is 4. The van der Waals surface area contributed by atoms with E-state index in [1.54, 1.807) is 6.92 Å². The van der Waals surface area contributed by atoms with E-state index in [0.29, 0.717) is 32.1 Å². The first-order chi connectivity index (χ1) is 18.9. The minimum Gasteiger partial charge on any atom is -0.474 e. The lowest BCUT2D eigenvalue weighted by Crippen LogP contribution is -2.50. The Hall–Kier alpha value is -3.59. The number of hydrogen-bond donors (Lipinski definition) is 3. The van der Waals surface area contributed by atoms with E-state index in [0.717, 1.165) is 6.92 Å². The summed E-state index contributed by atoms with van der Waals surface area (Å²) >= 11 is 0. The lowest BCUT2D eigenvalue weighted by molar-refractivity contribution is -0.146. The zero-order valence-electron chi connectivity index (χ0n) is 21.5. The average molecular weight is 573 g/mol. The van der Waals surface area contributed by atoms with E-state index in [2.05, 4.69) is 25.6 Å². The predicted octanol–water partition coefficient (Wildman–Crippen LogP) is 4.17. The highest BCUT2D eigenvalue weighted by molar-refractivity contribution is 5.96. The second-order valence-corrected chi connectivity index (χ2v) is 9.81. The Balaban J connectivity index is 1.77. The normalized spacial score (nSPS) is 19.2. The van der Waals surface area contributed by atoms with E-state index in [-0.39, 0.29) is 30.3 Å². The van der Waals surface area contributed by atoms with Crippen molar-refractivity contribution in [1.82, 2.24) is 20.3 Å². The fourth-order valence-electron chi connectivity index (χ4n) is 4.50. The maximum Gasteiger partial charge on any atom is 0.417 e. The molecule has 0 spiro atoms. The Labute approximate surface area is 224 Å². The molecule has 5 rings (SSSR count). The highest BCUT2D eigenvalue weighted by atomic mass is 19.4. The van der Waals surface area contributed by atoms with Crippen LogP contribution < -0.4 is 25.8 Å². The lowest BCUT2D eigenvalue weighted by atomic mass is 9.96. The highest BCUT2D eigenvalue weighted by Crippen LogP contribution is 2.44. The number of nitrogen functional groups attached to an aromatic ring is 1. The standard InChI is InChI=1S/C25H26F6N6O3/c1-11-3-4-33-5-6-34-21-15-20(36-23(37-21)39-10-24(28)8-38-9-24)18(27)19(35-22(15)40-11)13-7-14(32)17(26)12(2)16(13)25(29,30)31/h7,11,33H,3-6,8-10,32H2,1-2H3,(H,34,36,37). The molecular weight excluding hydrogens is 546 g/mol. The van der Waals surface area contributed by atoms with Crippen molar-refractivity contribution in [1.29, 1.82) is 0 Å². The van der Waals surface area contributed by atoms with Crippen LogP contribution in [0.2, 0.25) is 0 Å². The van der Waals surface area contributed by atoms with Crippen LogP contribution >= 0.6 is 0 Å². The van der Waals surface area contributed by atoms with Crippen LogP contribution in [-0.4, -0.2) is 66.2 Å². The third-order valence-electron chi connectivity index (χ3n) is 6.61. The summed E-state index contributed by atoms with van der Waals surface area (Å²) in [6.07, 6.45) is -5.09. The number of nitrogens with zero attached hydrogens (tertiary/aromatic N) is 3. The van der Waals surface area contributed by atoms with Crippen LogP contribution in [-0.2, 0) is 10.9 Å². The van der Waals surface area contributed by atoms with Crippen molar-refractivity contribution in [3.63, 3.8) is 0 Å². The highest BCUT2D eigenvalue weighted by Gasteiger charge is 2.41. The van der Waals surface area contributed by atoms with Gasteiger partial charge in [-0.1, -0.05) is 0 Å². The first kappa shape index (κ1) is 28.0. The Morgan fingerprint density at radius 1 is 1.12 bits per heavy atom. The summed E-state index contributed by atoms with van der Waals surface area (Å²) < 4.78 is 104. The third kappa shape index (κ3) is 5.27. The van der Waals surface area contributed by atoms with Crippen molar-refractivity contribution in [3.8, 4) is 23.1 Å².